The van der Waals surface area contributed by atoms with Crippen molar-refractivity contribution < 1.29 is 9.59 Å². The number of benzene rings is 2. The van der Waals surface area contributed by atoms with E-state index in [2.05, 4.69) is 15.5 Å². The first-order chi connectivity index (χ1) is 13.4. The van der Waals surface area contributed by atoms with E-state index < -0.39 is 0 Å². The number of anilines is 2. The molecule has 148 valence electrons. The Labute approximate surface area is 171 Å². The molecule has 5 nitrogen and oxygen atoms in total. The van der Waals surface area contributed by atoms with Gasteiger partial charge in [-0.2, -0.15) is 0 Å². The third-order valence-electron chi connectivity index (χ3n) is 4.81. The van der Waals surface area contributed by atoms with Gasteiger partial charge < -0.3 is 10.6 Å². The molecule has 6 heteroatoms. The molecule has 0 bridgehead atoms. The van der Waals surface area contributed by atoms with E-state index in [0.717, 1.165) is 29.7 Å². The van der Waals surface area contributed by atoms with Crippen LogP contribution in [-0.4, -0.2) is 35.8 Å². The Bertz CT molecular complexity index is 865. The number of amides is 2. The van der Waals surface area contributed by atoms with Crippen LogP contribution in [0.1, 0.15) is 30.4 Å². The first-order valence-electron chi connectivity index (χ1n) is 9.57. The average Bonchev–Trinajstić information content (AvgIpc) is 3.47. The fourth-order valence-electron chi connectivity index (χ4n) is 3.11. The summed E-state index contributed by atoms with van der Waals surface area (Å²) < 4.78 is 0. The molecule has 0 aliphatic heterocycles. The van der Waals surface area contributed by atoms with Gasteiger partial charge in [0.15, 0.2) is 0 Å². The minimum atomic E-state index is -0.0807. The molecule has 0 atom stereocenters. The van der Waals surface area contributed by atoms with Crippen molar-refractivity contribution in [3.63, 3.8) is 0 Å². The summed E-state index contributed by atoms with van der Waals surface area (Å²) >= 11 is 5.95. The lowest BCUT2D eigenvalue weighted by Crippen LogP contribution is -2.37. The number of rotatable bonds is 8. The van der Waals surface area contributed by atoms with Crippen molar-refractivity contribution in [3.8, 4) is 0 Å². The summed E-state index contributed by atoms with van der Waals surface area (Å²) in [5.41, 5.74) is 3.68. The molecule has 2 N–H and O–H groups in total. The second-order valence-corrected chi connectivity index (χ2v) is 7.81. The Hall–Kier alpha value is -2.37. The monoisotopic (exact) mass is 399 g/mol. The SMILES string of the molecule is Cc1ccc(C)c(NC(=O)CN(CCC(=O)Nc2cccc(Cl)c2)C2CC2)c1. The standard InChI is InChI=1S/C22H26ClN3O2/c1-15-6-7-16(2)20(12-15)25-22(28)14-26(19-8-9-19)11-10-21(27)24-18-5-3-4-17(23)13-18/h3-7,12-13,19H,8-11,14H2,1-2H3,(H,24,27)(H,25,28). The Morgan fingerprint density at radius 2 is 1.86 bits per heavy atom. The molecule has 1 saturated carbocycles. The maximum atomic E-state index is 12.5. The molecule has 2 aromatic carbocycles. The highest BCUT2D eigenvalue weighted by molar-refractivity contribution is 6.30. The second-order valence-electron chi connectivity index (χ2n) is 7.38. The Morgan fingerprint density at radius 3 is 2.57 bits per heavy atom. The lowest BCUT2D eigenvalue weighted by Gasteiger charge is -2.21. The van der Waals surface area contributed by atoms with Crippen molar-refractivity contribution in [2.75, 3.05) is 23.7 Å². The molecule has 1 aliphatic carbocycles. The van der Waals surface area contributed by atoms with E-state index in [0.29, 0.717) is 36.3 Å². The van der Waals surface area contributed by atoms with Crippen LogP contribution >= 0.6 is 11.6 Å². The van der Waals surface area contributed by atoms with Crippen LogP contribution in [0.15, 0.2) is 42.5 Å². The summed E-state index contributed by atoms with van der Waals surface area (Å²) in [5, 5.41) is 6.44. The van der Waals surface area contributed by atoms with Crippen LogP contribution < -0.4 is 10.6 Å². The average molecular weight is 400 g/mol. The van der Waals surface area contributed by atoms with Crippen molar-refractivity contribution in [1.29, 1.82) is 0 Å². The summed E-state index contributed by atoms with van der Waals surface area (Å²) in [6.07, 6.45) is 2.49. The van der Waals surface area contributed by atoms with E-state index in [1.807, 2.05) is 32.0 Å². The minimum absolute atomic E-state index is 0.0455. The Kier molecular flexibility index (Phi) is 6.70. The van der Waals surface area contributed by atoms with E-state index in [4.69, 9.17) is 11.6 Å². The Morgan fingerprint density at radius 1 is 1.07 bits per heavy atom. The number of nitrogens with one attached hydrogen (secondary N) is 2. The van der Waals surface area contributed by atoms with Crippen LogP contribution in [0.4, 0.5) is 11.4 Å². The number of halogens is 1. The predicted octanol–water partition coefficient (Wildman–Crippen LogP) is 4.39. The van der Waals surface area contributed by atoms with E-state index >= 15 is 0 Å². The lowest BCUT2D eigenvalue weighted by molar-refractivity contribution is -0.119. The maximum absolute atomic E-state index is 12.5. The molecule has 0 unspecified atom stereocenters. The van der Waals surface area contributed by atoms with Crippen molar-refractivity contribution in [3.05, 3.63) is 58.6 Å². The van der Waals surface area contributed by atoms with Crippen molar-refractivity contribution in [2.24, 2.45) is 0 Å². The third-order valence-corrected chi connectivity index (χ3v) is 5.05. The molecule has 0 aromatic heterocycles. The molecule has 0 radical (unpaired) electrons. The smallest absolute Gasteiger partial charge is 0.238 e. The van der Waals surface area contributed by atoms with Crippen molar-refractivity contribution >= 4 is 34.8 Å². The highest BCUT2D eigenvalue weighted by Crippen LogP contribution is 2.27. The summed E-state index contributed by atoms with van der Waals surface area (Å²) in [5.74, 6) is -0.126. The largest absolute Gasteiger partial charge is 0.326 e. The van der Waals surface area contributed by atoms with Gasteiger partial charge in [0, 0.05) is 35.4 Å². The zero-order valence-corrected chi connectivity index (χ0v) is 17.1. The van der Waals surface area contributed by atoms with E-state index in [1.165, 1.54) is 0 Å². The second kappa shape index (κ2) is 9.22. The number of aryl methyl sites for hydroxylation is 2. The summed E-state index contributed by atoms with van der Waals surface area (Å²) in [4.78, 5) is 26.9. The zero-order chi connectivity index (χ0) is 20.1. The van der Waals surface area contributed by atoms with E-state index in [-0.39, 0.29) is 11.8 Å². The van der Waals surface area contributed by atoms with Gasteiger partial charge in [0.1, 0.15) is 0 Å². The van der Waals surface area contributed by atoms with Gasteiger partial charge in [-0.15, -0.1) is 0 Å². The fourth-order valence-corrected chi connectivity index (χ4v) is 3.30. The highest BCUT2D eigenvalue weighted by atomic mass is 35.5. The molecule has 0 saturated heterocycles. The van der Waals surface area contributed by atoms with Gasteiger partial charge in [-0.3, -0.25) is 14.5 Å². The molecule has 2 amide bonds. The maximum Gasteiger partial charge on any atom is 0.238 e. The number of hydrogen-bond donors (Lipinski definition) is 2. The van der Waals surface area contributed by atoms with Crippen LogP contribution in [-0.2, 0) is 9.59 Å². The summed E-state index contributed by atoms with van der Waals surface area (Å²) in [6, 6.07) is 13.5. The number of carbonyl (C=O) groups excluding carboxylic acids is 2. The fraction of sp³-hybridized carbons (Fsp3) is 0.364. The van der Waals surface area contributed by atoms with Gasteiger partial charge >= 0.3 is 0 Å². The molecule has 1 aliphatic rings. The molecule has 1 fully saturated rings. The van der Waals surface area contributed by atoms with Gasteiger partial charge in [-0.05, 0) is 62.1 Å². The van der Waals surface area contributed by atoms with Gasteiger partial charge in [-0.1, -0.05) is 29.8 Å². The minimum Gasteiger partial charge on any atom is -0.326 e. The van der Waals surface area contributed by atoms with Crippen LogP contribution in [0.5, 0.6) is 0 Å². The first-order valence-corrected chi connectivity index (χ1v) is 9.95. The molecule has 0 spiro atoms. The van der Waals surface area contributed by atoms with Crippen LogP contribution in [0.25, 0.3) is 0 Å². The number of hydrogen-bond acceptors (Lipinski definition) is 3. The van der Waals surface area contributed by atoms with Crippen molar-refractivity contribution in [2.45, 2.75) is 39.2 Å². The summed E-state index contributed by atoms with van der Waals surface area (Å²) in [6.45, 7) is 4.83. The van der Waals surface area contributed by atoms with Gasteiger partial charge in [0.05, 0.1) is 6.54 Å². The van der Waals surface area contributed by atoms with Crippen LogP contribution in [0, 0.1) is 13.8 Å². The quantitative estimate of drug-likeness (QED) is 0.692. The van der Waals surface area contributed by atoms with Crippen LogP contribution in [0.2, 0.25) is 5.02 Å². The predicted molar refractivity (Wildman–Crippen MR) is 114 cm³/mol. The first kappa shape index (κ1) is 20.4. The van der Waals surface area contributed by atoms with E-state index in [1.54, 1.807) is 24.3 Å². The Balaban J connectivity index is 1.51. The lowest BCUT2D eigenvalue weighted by atomic mass is 10.1. The molecule has 0 heterocycles. The van der Waals surface area contributed by atoms with E-state index in [9.17, 15) is 9.59 Å². The number of nitrogens with zero attached hydrogens (tertiary/aromatic N) is 1. The van der Waals surface area contributed by atoms with Gasteiger partial charge in [0.25, 0.3) is 0 Å². The van der Waals surface area contributed by atoms with Gasteiger partial charge in [-0.25, -0.2) is 0 Å². The third kappa shape index (κ3) is 6.08. The molecule has 3 rings (SSSR count). The van der Waals surface area contributed by atoms with Crippen molar-refractivity contribution in [1.82, 2.24) is 4.90 Å². The topological polar surface area (TPSA) is 61.4 Å². The molecular formula is C22H26ClN3O2. The zero-order valence-electron chi connectivity index (χ0n) is 16.3. The van der Waals surface area contributed by atoms with Crippen LogP contribution in [0.3, 0.4) is 0 Å². The normalized spacial score (nSPS) is 13.4. The molecule has 28 heavy (non-hydrogen) atoms. The van der Waals surface area contributed by atoms with Gasteiger partial charge in [0.2, 0.25) is 11.8 Å². The summed E-state index contributed by atoms with van der Waals surface area (Å²) in [7, 11) is 0. The molecular weight excluding hydrogens is 374 g/mol. The number of carbonyl (C=O) groups is 2. The molecule has 2 aromatic rings. The highest BCUT2D eigenvalue weighted by Gasteiger charge is 2.30.